The van der Waals surface area contributed by atoms with Crippen LogP contribution in [0, 0.1) is 34.0 Å². The third-order valence-electron chi connectivity index (χ3n) is 7.84. The van der Waals surface area contributed by atoms with Gasteiger partial charge in [0.05, 0.1) is 16.2 Å². The maximum atomic E-state index is 13.5. The topological polar surface area (TPSA) is 89.9 Å². The molecule has 2 bridgehead atoms. The number of carbonyl (C=O) groups excluding carboxylic acids is 2. The fourth-order valence-electron chi connectivity index (χ4n) is 5.86. The van der Waals surface area contributed by atoms with Gasteiger partial charge in [-0.3, -0.25) is 14.4 Å². The molecule has 0 aromatic heterocycles. The van der Waals surface area contributed by atoms with Gasteiger partial charge in [0.25, 0.3) is 0 Å². The minimum atomic E-state index is -1.15. The van der Waals surface area contributed by atoms with Gasteiger partial charge in [-0.05, 0) is 105 Å². The molecule has 0 saturated heterocycles. The number of carboxylic acid groups (broad SMARTS) is 1. The van der Waals surface area contributed by atoms with E-state index in [-0.39, 0.29) is 24.9 Å². The Morgan fingerprint density at radius 2 is 1.44 bits per heavy atom. The Balaban J connectivity index is 2.29. The molecule has 0 radical (unpaired) electrons. The SMILES string of the molecule is CCC(C)(CC(C)(CC(C)(C)C(=O)O)C(=O)OC(C)(C)C)C(=O)OC1C2CCC(C2)C1C. The number of carboxylic acids is 1. The number of rotatable bonds is 9. The molecule has 0 spiro atoms. The second kappa shape index (κ2) is 8.98. The number of carbonyl (C=O) groups is 3. The van der Waals surface area contributed by atoms with Crippen LogP contribution in [0.15, 0.2) is 0 Å². The lowest BCUT2D eigenvalue weighted by Crippen LogP contribution is -2.46. The Morgan fingerprint density at radius 1 is 0.875 bits per heavy atom. The van der Waals surface area contributed by atoms with E-state index in [1.165, 1.54) is 6.42 Å². The van der Waals surface area contributed by atoms with E-state index in [1.807, 2.05) is 13.8 Å². The molecule has 0 aromatic carbocycles. The van der Waals surface area contributed by atoms with E-state index in [0.29, 0.717) is 24.2 Å². The summed E-state index contributed by atoms with van der Waals surface area (Å²) in [6.07, 6.45) is 4.13. The van der Waals surface area contributed by atoms with Crippen LogP contribution in [-0.2, 0) is 23.9 Å². The first-order valence-corrected chi connectivity index (χ1v) is 12.1. The maximum absolute atomic E-state index is 13.5. The number of aliphatic carboxylic acids is 1. The fraction of sp³-hybridized carbons (Fsp3) is 0.885. The monoisotopic (exact) mass is 452 g/mol. The van der Waals surface area contributed by atoms with Crippen LogP contribution < -0.4 is 0 Å². The predicted octanol–water partition coefficient (Wildman–Crippen LogP) is 5.62. The first-order valence-electron chi connectivity index (χ1n) is 12.1. The molecule has 6 heteroatoms. The third-order valence-corrected chi connectivity index (χ3v) is 7.84. The van der Waals surface area contributed by atoms with Crippen LogP contribution in [0.1, 0.15) is 101 Å². The standard InChI is InChI=1S/C26H44O6/c1-10-25(8,21(29)31-19-16(2)17-11-12-18(19)13-17)15-26(9,14-24(6,7)20(27)28)22(30)32-23(3,4)5/h16-19H,10-15H2,1-9H3,(H,27,28). The quantitative estimate of drug-likeness (QED) is 0.457. The first-order chi connectivity index (χ1) is 14.4. The van der Waals surface area contributed by atoms with Crippen molar-refractivity contribution in [3.63, 3.8) is 0 Å². The van der Waals surface area contributed by atoms with Crippen molar-refractivity contribution in [3.8, 4) is 0 Å². The van der Waals surface area contributed by atoms with E-state index in [9.17, 15) is 19.5 Å². The number of esters is 2. The lowest BCUT2D eigenvalue weighted by atomic mass is 9.65. The molecule has 6 nitrogen and oxygen atoms in total. The average molecular weight is 453 g/mol. The predicted molar refractivity (Wildman–Crippen MR) is 123 cm³/mol. The molecule has 2 saturated carbocycles. The number of ether oxygens (including phenoxy) is 2. The van der Waals surface area contributed by atoms with Gasteiger partial charge in [-0.2, -0.15) is 0 Å². The Morgan fingerprint density at radius 3 is 1.88 bits per heavy atom. The largest absolute Gasteiger partial charge is 0.481 e. The summed E-state index contributed by atoms with van der Waals surface area (Å²) < 4.78 is 11.8. The first kappa shape index (κ1) is 26.7. The summed E-state index contributed by atoms with van der Waals surface area (Å²) in [6.45, 7) is 16.2. The van der Waals surface area contributed by atoms with Crippen molar-refractivity contribution in [2.75, 3.05) is 0 Å². The molecular formula is C26H44O6. The summed E-state index contributed by atoms with van der Waals surface area (Å²) in [4.78, 5) is 38.7. The van der Waals surface area contributed by atoms with E-state index in [1.54, 1.807) is 41.5 Å². The van der Waals surface area contributed by atoms with Crippen molar-refractivity contribution < 1.29 is 29.0 Å². The minimum absolute atomic E-state index is 0.0598. The molecular weight excluding hydrogens is 408 g/mol. The summed E-state index contributed by atoms with van der Waals surface area (Å²) >= 11 is 0. The molecule has 0 aromatic rings. The summed E-state index contributed by atoms with van der Waals surface area (Å²) in [5.41, 5.74) is -3.93. The lowest BCUT2D eigenvalue weighted by Gasteiger charge is -2.41. The van der Waals surface area contributed by atoms with E-state index in [4.69, 9.17) is 9.47 Å². The van der Waals surface area contributed by atoms with Crippen LogP contribution in [0.3, 0.4) is 0 Å². The number of fused-ring (bicyclic) bond motifs is 2. The third kappa shape index (κ3) is 5.66. The molecule has 2 aliphatic rings. The Hall–Kier alpha value is -1.59. The van der Waals surface area contributed by atoms with Crippen molar-refractivity contribution in [2.45, 2.75) is 113 Å². The van der Waals surface area contributed by atoms with Crippen LogP contribution in [0.4, 0.5) is 0 Å². The Bertz CT molecular complexity index is 733. The van der Waals surface area contributed by atoms with Gasteiger partial charge in [0.1, 0.15) is 11.7 Å². The summed E-state index contributed by atoms with van der Waals surface area (Å²) in [6, 6.07) is 0. The van der Waals surface area contributed by atoms with Crippen LogP contribution in [0.25, 0.3) is 0 Å². The molecule has 0 aliphatic heterocycles. The van der Waals surface area contributed by atoms with Crippen molar-refractivity contribution in [1.82, 2.24) is 0 Å². The molecule has 2 aliphatic carbocycles. The number of hydrogen-bond donors (Lipinski definition) is 1. The van der Waals surface area contributed by atoms with E-state index in [2.05, 4.69) is 6.92 Å². The van der Waals surface area contributed by atoms with Gasteiger partial charge in [0.15, 0.2) is 0 Å². The second-order valence-electron chi connectivity index (χ2n) is 12.6. The normalized spacial score (nSPS) is 29.2. The highest BCUT2D eigenvalue weighted by atomic mass is 16.6. The lowest BCUT2D eigenvalue weighted by molar-refractivity contribution is -0.178. The van der Waals surface area contributed by atoms with Crippen LogP contribution in [0.2, 0.25) is 0 Å². The summed E-state index contributed by atoms with van der Waals surface area (Å²) in [5.74, 6) is -0.310. The summed E-state index contributed by atoms with van der Waals surface area (Å²) in [7, 11) is 0. The van der Waals surface area contributed by atoms with Gasteiger partial charge in [-0.25, -0.2) is 0 Å². The Labute approximate surface area is 193 Å². The highest BCUT2D eigenvalue weighted by Gasteiger charge is 2.52. The van der Waals surface area contributed by atoms with Gasteiger partial charge in [-0.1, -0.05) is 13.8 Å². The average Bonchev–Trinajstić information content (AvgIpc) is 3.22. The van der Waals surface area contributed by atoms with Crippen molar-refractivity contribution in [1.29, 1.82) is 0 Å². The van der Waals surface area contributed by atoms with Gasteiger partial charge < -0.3 is 14.6 Å². The highest BCUT2D eigenvalue weighted by molar-refractivity contribution is 5.82. The zero-order valence-corrected chi connectivity index (χ0v) is 21.5. The molecule has 2 rings (SSSR count). The Kier molecular flexibility index (Phi) is 7.48. The molecule has 1 N–H and O–H groups in total. The van der Waals surface area contributed by atoms with Gasteiger partial charge in [0, 0.05) is 0 Å². The van der Waals surface area contributed by atoms with Crippen LogP contribution in [0.5, 0.6) is 0 Å². The van der Waals surface area contributed by atoms with E-state index in [0.717, 1.165) is 12.8 Å². The molecule has 6 atom stereocenters. The maximum Gasteiger partial charge on any atom is 0.312 e. The smallest absolute Gasteiger partial charge is 0.312 e. The van der Waals surface area contributed by atoms with Crippen molar-refractivity contribution in [2.24, 2.45) is 34.0 Å². The molecule has 32 heavy (non-hydrogen) atoms. The van der Waals surface area contributed by atoms with Gasteiger partial charge in [-0.15, -0.1) is 0 Å². The van der Waals surface area contributed by atoms with Crippen molar-refractivity contribution >= 4 is 17.9 Å². The van der Waals surface area contributed by atoms with E-state index < -0.39 is 33.8 Å². The molecule has 0 amide bonds. The zero-order chi connectivity index (χ0) is 24.7. The fourth-order valence-corrected chi connectivity index (χ4v) is 5.86. The molecule has 0 heterocycles. The van der Waals surface area contributed by atoms with Gasteiger partial charge >= 0.3 is 17.9 Å². The number of hydrogen-bond acceptors (Lipinski definition) is 5. The molecule has 6 unspecified atom stereocenters. The van der Waals surface area contributed by atoms with Gasteiger partial charge in [0.2, 0.25) is 0 Å². The molecule has 184 valence electrons. The zero-order valence-electron chi connectivity index (χ0n) is 21.5. The van der Waals surface area contributed by atoms with Crippen LogP contribution in [-0.4, -0.2) is 34.7 Å². The van der Waals surface area contributed by atoms with Crippen molar-refractivity contribution in [3.05, 3.63) is 0 Å². The second-order valence-corrected chi connectivity index (χ2v) is 12.6. The summed E-state index contributed by atoms with van der Waals surface area (Å²) in [5, 5.41) is 9.72. The molecule has 2 fully saturated rings. The van der Waals surface area contributed by atoms with Crippen LogP contribution >= 0.6 is 0 Å². The minimum Gasteiger partial charge on any atom is -0.481 e. The van der Waals surface area contributed by atoms with E-state index >= 15 is 0 Å². The highest BCUT2D eigenvalue weighted by Crippen LogP contribution is 2.51.